The standard InChI is InChI=1S/C14H18N2O5/c1-9(2)7-13(17)15-11(14(18)19)8-10-5-3-4-6-12(10)16(20)21/h3-6,9,11H,7-8H2,1-2H3,(H,15,17)(H,18,19)/t11-/m0/s1. The fourth-order valence-corrected chi connectivity index (χ4v) is 1.91. The minimum absolute atomic E-state index is 0.102. The van der Waals surface area contributed by atoms with Gasteiger partial charge in [0.1, 0.15) is 6.04 Å². The summed E-state index contributed by atoms with van der Waals surface area (Å²) in [5.41, 5.74) is 0.126. The maximum atomic E-state index is 11.7. The molecule has 114 valence electrons. The lowest BCUT2D eigenvalue weighted by Crippen LogP contribution is -2.42. The lowest BCUT2D eigenvalue weighted by Gasteiger charge is -2.15. The minimum Gasteiger partial charge on any atom is -0.480 e. The van der Waals surface area contributed by atoms with Gasteiger partial charge in [-0.1, -0.05) is 32.0 Å². The SMILES string of the molecule is CC(C)CC(=O)N[C@@H](Cc1ccccc1[N+](=O)[O-])C(=O)O. The molecule has 7 nitrogen and oxygen atoms in total. The summed E-state index contributed by atoms with van der Waals surface area (Å²) in [5, 5.41) is 22.5. The first kappa shape index (κ1) is 16.6. The number of amides is 1. The van der Waals surface area contributed by atoms with E-state index < -0.39 is 16.9 Å². The van der Waals surface area contributed by atoms with Crippen molar-refractivity contribution in [1.82, 2.24) is 5.32 Å². The van der Waals surface area contributed by atoms with Crippen LogP contribution in [0.25, 0.3) is 0 Å². The highest BCUT2D eigenvalue weighted by Gasteiger charge is 2.24. The molecule has 0 saturated carbocycles. The van der Waals surface area contributed by atoms with Crippen LogP contribution < -0.4 is 5.32 Å². The number of hydrogen-bond donors (Lipinski definition) is 2. The van der Waals surface area contributed by atoms with E-state index in [2.05, 4.69) is 5.32 Å². The summed E-state index contributed by atoms with van der Waals surface area (Å²) in [6.45, 7) is 3.69. The fourth-order valence-electron chi connectivity index (χ4n) is 1.91. The molecule has 0 radical (unpaired) electrons. The van der Waals surface area contributed by atoms with Gasteiger partial charge in [0.15, 0.2) is 0 Å². The first-order valence-corrected chi connectivity index (χ1v) is 6.55. The lowest BCUT2D eigenvalue weighted by atomic mass is 10.0. The molecule has 1 rings (SSSR count). The summed E-state index contributed by atoms with van der Waals surface area (Å²) < 4.78 is 0. The van der Waals surface area contributed by atoms with Gasteiger partial charge in [0, 0.05) is 24.5 Å². The van der Waals surface area contributed by atoms with Gasteiger partial charge in [-0.3, -0.25) is 14.9 Å². The summed E-state index contributed by atoms with van der Waals surface area (Å²) in [5.74, 6) is -1.49. The quantitative estimate of drug-likeness (QED) is 0.588. The molecule has 0 aliphatic carbocycles. The summed E-state index contributed by atoms with van der Waals surface area (Å²) in [6, 6.07) is 4.72. The highest BCUT2D eigenvalue weighted by molar-refractivity contribution is 5.83. The highest BCUT2D eigenvalue weighted by atomic mass is 16.6. The number of carbonyl (C=O) groups excluding carboxylic acids is 1. The predicted octanol–water partition coefficient (Wildman–Crippen LogP) is 1.75. The van der Waals surface area contributed by atoms with Gasteiger partial charge < -0.3 is 10.4 Å². The van der Waals surface area contributed by atoms with Crippen LogP contribution in [-0.2, 0) is 16.0 Å². The molecular formula is C14H18N2O5. The van der Waals surface area contributed by atoms with E-state index in [0.29, 0.717) is 0 Å². The van der Waals surface area contributed by atoms with Gasteiger partial charge in [-0.25, -0.2) is 4.79 Å². The molecule has 0 fully saturated rings. The van der Waals surface area contributed by atoms with Crippen molar-refractivity contribution in [3.63, 3.8) is 0 Å². The van der Waals surface area contributed by atoms with Crippen LogP contribution in [0.2, 0.25) is 0 Å². The Labute approximate surface area is 122 Å². The second-order valence-electron chi connectivity index (χ2n) is 5.15. The Morgan fingerprint density at radius 3 is 2.48 bits per heavy atom. The molecule has 0 aliphatic heterocycles. The number of para-hydroxylation sites is 1. The average Bonchev–Trinajstić information content (AvgIpc) is 2.37. The zero-order valence-electron chi connectivity index (χ0n) is 11.9. The zero-order chi connectivity index (χ0) is 16.0. The molecule has 0 saturated heterocycles. The number of nitrogens with zero attached hydrogens (tertiary/aromatic N) is 1. The van der Waals surface area contributed by atoms with Crippen LogP contribution in [0.5, 0.6) is 0 Å². The number of nitro groups is 1. The van der Waals surface area contributed by atoms with Gasteiger partial charge >= 0.3 is 5.97 Å². The normalized spacial score (nSPS) is 12.0. The second kappa shape index (κ2) is 7.37. The molecule has 7 heteroatoms. The number of benzene rings is 1. The van der Waals surface area contributed by atoms with E-state index in [9.17, 15) is 19.7 Å². The molecule has 1 amide bonds. The average molecular weight is 294 g/mol. The highest BCUT2D eigenvalue weighted by Crippen LogP contribution is 2.19. The van der Waals surface area contributed by atoms with E-state index in [1.807, 2.05) is 13.8 Å². The molecular weight excluding hydrogens is 276 g/mol. The predicted molar refractivity (Wildman–Crippen MR) is 75.8 cm³/mol. The Morgan fingerprint density at radius 1 is 1.33 bits per heavy atom. The van der Waals surface area contributed by atoms with E-state index >= 15 is 0 Å². The number of hydrogen-bond acceptors (Lipinski definition) is 4. The minimum atomic E-state index is -1.22. The Morgan fingerprint density at radius 2 is 1.95 bits per heavy atom. The largest absolute Gasteiger partial charge is 0.480 e. The molecule has 1 aromatic carbocycles. The third-order valence-electron chi connectivity index (χ3n) is 2.84. The van der Waals surface area contributed by atoms with Crippen LogP contribution in [0, 0.1) is 16.0 Å². The summed E-state index contributed by atoms with van der Waals surface area (Å²) in [6.07, 6.45) is 0.0803. The van der Waals surface area contributed by atoms with Crippen molar-refractivity contribution in [1.29, 1.82) is 0 Å². The van der Waals surface area contributed by atoms with E-state index in [0.717, 1.165) is 0 Å². The van der Waals surface area contributed by atoms with Crippen LogP contribution in [0.4, 0.5) is 5.69 Å². The van der Waals surface area contributed by atoms with E-state index in [1.165, 1.54) is 18.2 Å². The Balaban J connectivity index is 2.87. The van der Waals surface area contributed by atoms with Crippen LogP contribution in [-0.4, -0.2) is 27.9 Å². The van der Waals surface area contributed by atoms with Crippen molar-refractivity contribution in [3.8, 4) is 0 Å². The zero-order valence-corrected chi connectivity index (χ0v) is 11.9. The van der Waals surface area contributed by atoms with Crippen molar-refractivity contribution in [2.75, 3.05) is 0 Å². The van der Waals surface area contributed by atoms with Crippen LogP contribution >= 0.6 is 0 Å². The molecule has 21 heavy (non-hydrogen) atoms. The van der Waals surface area contributed by atoms with Gasteiger partial charge in [0.2, 0.25) is 5.91 Å². The number of nitro benzene ring substituents is 1. The number of rotatable bonds is 7. The van der Waals surface area contributed by atoms with Gasteiger partial charge in [-0.2, -0.15) is 0 Å². The Bertz CT molecular complexity index is 542. The van der Waals surface area contributed by atoms with Crippen LogP contribution in [0.1, 0.15) is 25.8 Å². The first-order chi connectivity index (χ1) is 9.81. The van der Waals surface area contributed by atoms with E-state index in [1.54, 1.807) is 6.07 Å². The van der Waals surface area contributed by atoms with E-state index in [-0.39, 0.29) is 35.9 Å². The first-order valence-electron chi connectivity index (χ1n) is 6.55. The molecule has 1 aromatic rings. The summed E-state index contributed by atoms with van der Waals surface area (Å²) in [7, 11) is 0. The van der Waals surface area contributed by atoms with Crippen molar-refractivity contribution in [2.24, 2.45) is 5.92 Å². The monoisotopic (exact) mass is 294 g/mol. The van der Waals surface area contributed by atoms with E-state index in [4.69, 9.17) is 5.11 Å². The number of carboxylic acid groups (broad SMARTS) is 1. The van der Waals surface area contributed by atoms with Crippen molar-refractivity contribution >= 4 is 17.6 Å². The van der Waals surface area contributed by atoms with Crippen LogP contribution in [0.15, 0.2) is 24.3 Å². The summed E-state index contributed by atoms with van der Waals surface area (Å²) in [4.78, 5) is 33.2. The molecule has 0 heterocycles. The second-order valence-corrected chi connectivity index (χ2v) is 5.15. The van der Waals surface area contributed by atoms with Gasteiger partial charge in [-0.05, 0) is 5.92 Å². The lowest BCUT2D eigenvalue weighted by molar-refractivity contribution is -0.385. The van der Waals surface area contributed by atoms with Crippen molar-refractivity contribution in [2.45, 2.75) is 32.7 Å². The third-order valence-corrected chi connectivity index (χ3v) is 2.84. The maximum absolute atomic E-state index is 11.7. The smallest absolute Gasteiger partial charge is 0.326 e. The summed E-state index contributed by atoms with van der Waals surface area (Å²) >= 11 is 0. The molecule has 0 aromatic heterocycles. The molecule has 0 spiro atoms. The van der Waals surface area contributed by atoms with Crippen molar-refractivity contribution in [3.05, 3.63) is 39.9 Å². The van der Waals surface area contributed by atoms with Crippen molar-refractivity contribution < 1.29 is 19.6 Å². The number of aliphatic carboxylic acids is 1. The fraction of sp³-hybridized carbons (Fsp3) is 0.429. The Hall–Kier alpha value is -2.44. The molecule has 1 atom stereocenters. The van der Waals surface area contributed by atoms with Gasteiger partial charge in [0.25, 0.3) is 5.69 Å². The molecule has 0 bridgehead atoms. The van der Waals surface area contributed by atoms with Gasteiger partial charge in [-0.15, -0.1) is 0 Å². The van der Waals surface area contributed by atoms with Crippen LogP contribution in [0.3, 0.4) is 0 Å². The topological polar surface area (TPSA) is 110 Å². The number of nitrogens with one attached hydrogen (secondary N) is 1. The molecule has 2 N–H and O–H groups in total. The number of carbonyl (C=O) groups is 2. The number of carboxylic acids is 1. The third kappa shape index (κ3) is 5.21. The van der Waals surface area contributed by atoms with Gasteiger partial charge in [0.05, 0.1) is 4.92 Å². The molecule has 0 unspecified atom stereocenters. The maximum Gasteiger partial charge on any atom is 0.326 e. The Kier molecular flexibility index (Phi) is 5.83. The molecule has 0 aliphatic rings.